The number of anilines is 3. The first-order chi connectivity index (χ1) is 19.9. The summed E-state index contributed by atoms with van der Waals surface area (Å²) in [5, 5.41) is 23.8. The molecule has 0 amide bonds. The Labute approximate surface area is 243 Å². The summed E-state index contributed by atoms with van der Waals surface area (Å²) in [6.45, 7) is 3.77. The maximum Gasteiger partial charge on any atom is 0.320 e. The van der Waals surface area contributed by atoms with Gasteiger partial charge in [0, 0.05) is 55.9 Å². The van der Waals surface area contributed by atoms with Gasteiger partial charge in [-0.15, -0.1) is 11.3 Å². The van der Waals surface area contributed by atoms with Crippen molar-refractivity contribution in [1.82, 2.24) is 15.3 Å². The Morgan fingerprint density at radius 2 is 1.88 bits per heavy atom. The molecule has 2 aromatic rings. The van der Waals surface area contributed by atoms with Crippen molar-refractivity contribution >= 4 is 33.8 Å². The van der Waals surface area contributed by atoms with Crippen molar-refractivity contribution in [2.24, 2.45) is 5.92 Å². The molecule has 3 aliphatic heterocycles. The number of alkyl halides is 1. The summed E-state index contributed by atoms with van der Waals surface area (Å²) in [6, 6.07) is 4.83. The molecule has 0 unspecified atom stereocenters. The van der Waals surface area contributed by atoms with Gasteiger partial charge in [-0.2, -0.15) is 20.5 Å². The van der Waals surface area contributed by atoms with Crippen molar-refractivity contribution in [3.63, 3.8) is 0 Å². The second kappa shape index (κ2) is 11.4. The fourth-order valence-electron chi connectivity index (χ4n) is 6.87. The average Bonchev–Trinajstić information content (AvgIpc) is 3.36. The van der Waals surface area contributed by atoms with E-state index in [4.69, 9.17) is 20.4 Å². The molecule has 1 aliphatic carbocycles. The lowest BCUT2D eigenvalue weighted by molar-refractivity contribution is -0.118. The number of nitrogens with one attached hydrogen (secondary N) is 1. The van der Waals surface area contributed by atoms with Crippen molar-refractivity contribution in [1.29, 1.82) is 10.5 Å². The number of carbonyl (C=O) groups excluding carboxylic acids is 1. The number of nitrogen functional groups attached to an aromatic ring is 1. The van der Waals surface area contributed by atoms with E-state index in [2.05, 4.69) is 22.4 Å². The number of ketones is 1. The van der Waals surface area contributed by atoms with Crippen LogP contribution in [0, 0.1) is 28.6 Å². The molecule has 0 saturated carbocycles. The lowest BCUT2D eigenvalue weighted by Crippen LogP contribution is -2.59. The molecule has 1 spiro atoms. The van der Waals surface area contributed by atoms with Gasteiger partial charge in [-0.25, -0.2) is 4.39 Å². The number of aromatic nitrogens is 2. The fraction of sp³-hybridized carbons (Fsp3) is 0.621. The highest BCUT2D eigenvalue weighted by atomic mass is 32.1. The van der Waals surface area contributed by atoms with Crippen LogP contribution in [0.2, 0.25) is 0 Å². The minimum Gasteiger partial charge on any atom is -0.463 e. The van der Waals surface area contributed by atoms with E-state index in [1.165, 1.54) is 16.2 Å². The lowest BCUT2D eigenvalue weighted by atomic mass is 9.74. The Morgan fingerprint density at radius 1 is 1.10 bits per heavy atom. The van der Waals surface area contributed by atoms with Crippen LogP contribution >= 0.6 is 11.3 Å². The molecule has 3 saturated heterocycles. The predicted molar refractivity (Wildman–Crippen MR) is 154 cm³/mol. The highest BCUT2D eigenvalue weighted by molar-refractivity contribution is 7.16. The number of ether oxygens (including phenoxy) is 1. The van der Waals surface area contributed by atoms with Gasteiger partial charge in [0.05, 0.1) is 12.2 Å². The number of hydrogen-bond acceptors (Lipinski definition) is 11. The largest absolute Gasteiger partial charge is 0.463 e. The Morgan fingerprint density at radius 3 is 2.66 bits per heavy atom. The molecule has 0 aromatic carbocycles. The minimum atomic E-state index is -0.926. The number of aryl methyl sites for hydroxylation is 1. The summed E-state index contributed by atoms with van der Waals surface area (Å²) in [6.07, 6.45) is 4.72. The quantitative estimate of drug-likeness (QED) is 0.543. The third kappa shape index (κ3) is 5.31. The first-order valence-corrected chi connectivity index (χ1v) is 15.4. The smallest absolute Gasteiger partial charge is 0.320 e. The number of nitrogens with two attached hydrogens (primary N) is 1. The van der Waals surface area contributed by atoms with Gasteiger partial charge in [0.15, 0.2) is 11.6 Å². The van der Waals surface area contributed by atoms with Crippen LogP contribution in [0.25, 0.3) is 0 Å². The van der Waals surface area contributed by atoms with Crippen molar-refractivity contribution in [3.05, 3.63) is 21.6 Å². The van der Waals surface area contributed by atoms with Gasteiger partial charge in [0.1, 0.15) is 34.7 Å². The molecule has 12 heteroatoms. The maximum atomic E-state index is 14.4. The summed E-state index contributed by atoms with van der Waals surface area (Å²) >= 11 is 1.51. The molecule has 0 bridgehead atoms. The molecule has 2 atom stereocenters. The molecule has 3 fully saturated rings. The lowest BCUT2D eigenvalue weighted by Gasteiger charge is -2.49. The minimum absolute atomic E-state index is 0.0479. The van der Waals surface area contributed by atoms with Crippen LogP contribution in [0.1, 0.15) is 66.5 Å². The van der Waals surface area contributed by atoms with Crippen LogP contribution in [-0.4, -0.2) is 67.8 Å². The Kier molecular flexibility index (Phi) is 7.71. The van der Waals surface area contributed by atoms with E-state index in [0.29, 0.717) is 92.8 Å². The number of carbonyl (C=O) groups is 1. The fourth-order valence-corrected chi connectivity index (χ4v) is 8.01. The van der Waals surface area contributed by atoms with Gasteiger partial charge in [-0.1, -0.05) is 0 Å². The van der Waals surface area contributed by atoms with Crippen LogP contribution in [-0.2, 0) is 16.6 Å². The van der Waals surface area contributed by atoms with E-state index in [1.54, 1.807) is 0 Å². The number of halogens is 1. The standard InChI is InChI=1S/C29H35FN8O2S/c30-19-11-18(3-1-8-34-14-19)15-40-28-35-26(37-9-2-4-20(39)6-10-37)22(13-32)27(36-28)38-16-29(17-38)7-5-23-24(29)21(12-31)25(33)41-23/h18-19,34H,1-11,14-17,33H2/t18-,19-/m1/s1. The number of hydrogen-bond donors (Lipinski definition) is 2. The number of thiophene rings is 1. The zero-order valence-electron chi connectivity index (χ0n) is 23.1. The third-order valence-electron chi connectivity index (χ3n) is 8.94. The zero-order chi connectivity index (χ0) is 28.6. The second-order valence-corrected chi connectivity index (χ2v) is 12.9. The number of nitrogens with zero attached hydrogens (tertiary/aromatic N) is 6. The monoisotopic (exact) mass is 578 g/mol. The number of Topliss-reactive ketones (excluding diaryl/α,β-unsaturated/α-hetero) is 1. The van der Waals surface area contributed by atoms with Gasteiger partial charge < -0.3 is 25.6 Å². The zero-order valence-corrected chi connectivity index (χ0v) is 23.9. The molecule has 2 aromatic heterocycles. The topological polar surface area (TPSA) is 144 Å². The Bertz CT molecular complexity index is 1410. The predicted octanol–water partition coefficient (Wildman–Crippen LogP) is 3.23. The Hall–Kier alpha value is -3.48. The number of nitriles is 2. The van der Waals surface area contributed by atoms with E-state index in [9.17, 15) is 19.7 Å². The molecule has 4 aliphatic rings. The Balaban J connectivity index is 1.30. The first-order valence-electron chi connectivity index (χ1n) is 14.5. The molecule has 216 valence electrons. The van der Waals surface area contributed by atoms with E-state index in [-0.39, 0.29) is 23.1 Å². The number of fused-ring (bicyclic) bond motifs is 2. The van der Waals surface area contributed by atoms with Crippen molar-refractivity contribution in [2.75, 3.05) is 61.4 Å². The van der Waals surface area contributed by atoms with Crippen LogP contribution in [0.4, 0.5) is 21.0 Å². The normalized spacial score (nSPS) is 24.0. The first kappa shape index (κ1) is 27.7. The third-order valence-corrected chi connectivity index (χ3v) is 10.0. The maximum absolute atomic E-state index is 14.4. The molecule has 5 heterocycles. The van der Waals surface area contributed by atoms with Crippen molar-refractivity contribution in [2.45, 2.75) is 63.0 Å². The van der Waals surface area contributed by atoms with Crippen LogP contribution in [0.3, 0.4) is 0 Å². The molecule has 10 nitrogen and oxygen atoms in total. The van der Waals surface area contributed by atoms with Crippen LogP contribution in [0.15, 0.2) is 0 Å². The van der Waals surface area contributed by atoms with Crippen molar-refractivity contribution < 1.29 is 13.9 Å². The van der Waals surface area contributed by atoms with Gasteiger partial charge in [0.2, 0.25) is 0 Å². The van der Waals surface area contributed by atoms with E-state index < -0.39 is 6.17 Å². The number of rotatable bonds is 5. The summed E-state index contributed by atoms with van der Waals surface area (Å²) in [5.74, 6) is 1.25. The van der Waals surface area contributed by atoms with E-state index in [1.807, 2.05) is 4.90 Å². The molecule has 3 N–H and O–H groups in total. The SMILES string of the molecule is N#Cc1c(N2CCCC(=O)CC2)nc(OC[C@@H]2CCCNC[C@H](F)C2)nc1N1CC2(CCc3sc(N)c(C#N)c32)C1. The summed E-state index contributed by atoms with van der Waals surface area (Å²) in [7, 11) is 0. The average molecular weight is 579 g/mol. The summed E-state index contributed by atoms with van der Waals surface area (Å²) < 4.78 is 20.5. The van der Waals surface area contributed by atoms with Crippen LogP contribution in [0.5, 0.6) is 6.01 Å². The van der Waals surface area contributed by atoms with Crippen molar-refractivity contribution in [3.8, 4) is 18.1 Å². The summed E-state index contributed by atoms with van der Waals surface area (Å²) in [5.41, 5.74) is 7.99. The highest BCUT2D eigenvalue weighted by Crippen LogP contribution is 2.53. The molecular weight excluding hydrogens is 543 g/mol. The highest BCUT2D eigenvalue weighted by Gasteiger charge is 2.52. The van der Waals surface area contributed by atoms with E-state index >= 15 is 0 Å². The molecular formula is C29H35FN8O2S. The van der Waals surface area contributed by atoms with Gasteiger partial charge in [-0.3, -0.25) is 4.79 Å². The second-order valence-electron chi connectivity index (χ2n) is 11.8. The molecule has 0 radical (unpaired) electrons. The van der Waals surface area contributed by atoms with Gasteiger partial charge >= 0.3 is 6.01 Å². The molecule has 6 rings (SSSR count). The van der Waals surface area contributed by atoms with E-state index in [0.717, 1.165) is 37.8 Å². The van der Waals surface area contributed by atoms with Gasteiger partial charge in [-0.05, 0) is 56.6 Å². The summed E-state index contributed by atoms with van der Waals surface area (Å²) in [4.78, 5) is 26.8. The van der Waals surface area contributed by atoms with Gasteiger partial charge in [0.25, 0.3) is 0 Å². The molecule has 41 heavy (non-hydrogen) atoms. The van der Waals surface area contributed by atoms with Crippen LogP contribution < -0.4 is 25.6 Å².